The average Bonchev–Trinajstić information content (AvgIpc) is 2.34. The Morgan fingerprint density at radius 3 is 2.16 bits per heavy atom. The molecule has 1 rings (SSSR count). The molecule has 1 N–H and O–H groups in total. The Bertz CT molecular complexity index is 397. The molecule has 0 atom stereocenters. The molecule has 0 aliphatic carbocycles. The Hall–Kier alpha value is -1.30. The largest absolute Gasteiger partial charge is 0.380 e. The molecule has 108 valence electrons. The zero-order chi connectivity index (χ0) is 14.4. The standard InChI is InChI=1S/C13H17F4NO/c1-8(2)3-5-19-6-4-18-13-11(16)9(14)7-10(15)12(13)17/h7-8,18H,3-6H2,1-2H3. The van der Waals surface area contributed by atoms with Gasteiger partial charge in [-0.1, -0.05) is 13.8 Å². The maximum absolute atomic E-state index is 13.2. The van der Waals surface area contributed by atoms with Gasteiger partial charge in [-0.2, -0.15) is 0 Å². The third kappa shape index (κ3) is 4.70. The van der Waals surface area contributed by atoms with Crippen molar-refractivity contribution in [2.24, 2.45) is 5.92 Å². The van der Waals surface area contributed by atoms with Crippen LogP contribution in [0.15, 0.2) is 6.07 Å². The fourth-order valence-electron chi connectivity index (χ4n) is 1.40. The summed E-state index contributed by atoms with van der Waals surface area (Å²) < 4.78 is 57.5. The molecule has 0 amide bonds. The van der Waals surface area contributed by atoms with Crippen molar-refractivity contribution < 1.29 is 22.3 Å². The molecule has 0 bridgehead atoms. The maximum atomic E-state index is 13.2. The molecule has 0 aromatic heterocycles. The monoisotopic (exact) mass is 279 g/mol. The van der Waals surface area contributed by atoms with E-state index in [1.807, 2.05) is 13.8 Å². The predicted molar refractivity (Wildman–Crippen MR) is 65.0 cm³/mol. The SMILES string of the molecule is CC(C)CCOCCNc1c(F)c(F)cc(F)c1F. The van der Waals surface area contributed by atoms with E-state index >= 15 is 0 Å². The zero-order valence-electron chi connectivity index (χ0n) is 10.9. The van der Waals surface area contributed by atoms with Gasteiger partial charge in [0.2, 0.25) is 0 Å². The van der Waals surface area contributed by atoms with Crippen LogP contribution in [-0.2, 0) is 4.74 Å². The van der Waals surface area contributed by atoms with E-state index in [1.165, 1.54) is 0 Å². The molecule has 0 spiro atoms. The third-order valence-electron chi connectivity index (χ3n) is 2.50. The minimum Gasteiger partial charge on any atom is -0.380 e. The van der Waals surface area contributed by atoms with Gasteiger partial charge in [0, 0.05) is 19.2 Å². The summed E-state index contributed by atoms with van der Waals surface area (Å²) >= 11 is 0. The number of benzene rings is 1. The van der Waals surface area contributed by atoms with E-state index in [1.54, 1.807) is 0 Å². The van der Waals surface area contributed by atoms with Crippen molar-refractivity contribution in [3.8, 4) is 0 Å². The normalized spacial score (nSPS) is 11.1. The number of rotatable bonds is 7. The van der Waals surface area contributed by atoms with Crippen molar-refractivity contribution in [1.82, 2.24) is 0 Å². The summed E-state index contributed by atoms with van der Waals surface area (Å²) in [4.78, 5) is 0. The summed E-state index contributed by atoms with van der Waals surface area (Å²) in [6.45, 7) is 4.88. The zero-order valence-corrected chi connectivity index (χ0v) is 10.9. The van der Waals surface area contributed by atoms with Gasteiger partial charge in [-0.3, -0.25) is 0 Å². The van der Waals surface area contributed by atoms with Crippen molar-refractivity contribution in [2.45, 2.75) is 20.3 Å². The van der Waals surface area contributed by atoms with Crippen molar-refractivity contribution in [3.63, 3.8) is 0 Å². The Morgan fingerprint density at radius 1 is 1.05 bits per heavy atom. The lowest BCUT2D eigenvalue weighted by molar-refractivity contribution is 0.132. The molecule has 0 unspecified atom stereocenters. The van der Waals surface area contributed by atoms with E-state index in [4.69, 9.17) is 4.74 Å². The van der Waals surface area contributed by atoms with E-state index in [-0.39, 0.29) is 19.2 Å². The fourth-order valence-corrected chi connectivity index (χ4v) is 1.40. The van der Waals surface area contributed by atoms with Crippen LogP contribution in [0.2, 0.25) is 0 Å². The Balaban J connectivity index is 2.45. The van der Waals surface area contributed by atoms with Gasteiger partial charge in [-0.25, -0.2) is 17.6 Å². The number of nitrogens with one attached hydrogen (secondary N) is 1. The van der Waals surface area contributed by atoms with Gasteiger partial charge in [0.05, 0.1) is 6.61 Å². The quantitative estimate of drug-likeness (QED) is 0.466. The van der Waals surface area contributed by atoms with Crippen molar-refractivity contribution in [1.29, 1.82) is 0 Å². The molecule has 1 aromatic carbocycles. The Kier molecular flexibility index (Phi) is 6.08. The number of anilines is 1. The van der Waals surface area contributed by atoms with Crippen molar-refractivity contribution in [3.05, 3.63) is 29.3 Å². The second-order valence-electron chi connectivity index (χ2n) is 4.56. The number of halogens is 4. The number of hydrogen-bond donors (Lipinski definition) is 1. The van der Waals surface area contributed by atoms with Crippen molar-refractivity contribution in [2.75, 3.05) is 25.1 Å². The molecule has 0 radical (unpaired) electrons. The Morgan fingerprint density at radius 2 is 1.63 bits per heavy atom. The van der Waals surface area contributed by atoms with Gasteiger partial charge in [0.1, 0.15) is 5.69 Å². The first-order valence-corrected chi connectivity index (χ1v) is 6.08. The first kappa shape index (κ1) is 15.8. The summed E-state index contributed by atoms with van der Waals surface area (Å²) in [5, 5.41) is 2.30. The molecule has 6 heteroatoms. The van der Waals surface area contributed by atoms with Crippen LogP contribution in [0.4, 0.5) is 23.2 Å². The number of ether oxygens (including phenoxy) is 1. The highest BCUT2D eigenvalue weighted by Crippen LogP contribution is 2.23. The van der Waals surface area contributed by atoms with Gasteiger partial charge in [0.25, 0.3) is 0 Å². The summed E-state index contributed by atoms with van der Waals surface area (Å²) in [7, 11) is 0. The second-order valence-corrected chi connectivity index (χ2v) is 4.56. The second kappa shape index (κ2) is 7.33. The first-order valence-electron chi connectivity index (χ1n) is 6.08. The lowest BCUT2D eigenvalue weighted by Crippen LogP contribution is -2.14. The van der Waals surface area contributed by atoms with Gasteiger partial charge in [0.15, 0.2) is 23.3 Å². The molecule has 0 aliphatic rings. The summed E-state index contributed by atoms with van der Waals surface area (Å²) in [6.07, 6.45) is 0.872. The molecule has 1 aromatic rings. The summed E-state index contributed by atoms with van der Waals surface area (Å²) in [5.41, 5.74) is -0.801. The molecule has 0 saturated heterocycles. The Labute approximate surface area is 109 Å². The van der Waals surface area contributed by atoms with Crippen LogP contribution >= 0.6 is 0 Å². The molecule has 19 heavy (non-hydrogen) atoms. The van der Waals surface area contributed by atoms with E-state index in [0.29, 0.717) is 12.5 Å². The van der Waals surface area contributed by atoms with E-state index in [9.17, 15) is 17.6 Å². The van der Waals surface area contributed by atoms with Gasteiger partial charge < -0.3 is 10.1 Å². The summed E-state index contributed by atoms with van der Waals surface area (Å²) in [5.74, 6) is -5.22. The van der Waals surface area contributed by atoms with Crippen LogP contribution in [0.5, 0.6) is 0 Å². The molecule has 0 heterocycles. The predicted octanol–water partition coefficient (Wildman–Crippen LogP) is 3.72. The van der Waals surface area contributed by atoms with Crippen LogP contribution in [0.25, 0.3) is 0 Å². The van der Waals surface area contributed by atoms with E-state index in [0.717, 1.165) is 6.42 Å². The molecule has 2 nitrogen and oxygen atoms in total. The van der Waals surface area contributed by atoms with Crippen LogP contribution in [0.3, 0.4) is 0 Å². The van der Waals surface area contributed by atoms with E-state index in [2.05, 4.69) is 5.32 Å². The highest BCUT2D eigenvalue weighted by molar-refractivity contribution is 5.47. The highest BCUT2D eigenvalue weighted by Gasteiger charge is 2.18. The molecular formula is C13H17F4NO. The highest BCUT2D eigenvalue weighted by atomic mass is 19.2. The van der Waals surface area contributed by atoms with Crippen LogP contribution < -0.4 is 5.32 Å². The van der Waals surface area contributed by atoms with Gasteiger partial charge >= 0.3 is 0 Å². The molecule has 0 saturated carbocycles. The van der Waals surface area contributed by atoms with E-state index < -0.39 is 29.0 Å². The fraction of sp³-hybridized carbons (Fsp3) is 0.538. The molecular weight excluding hydrogens is 262 g/mol. The minimum absolute atomic E-state index is 0.0643. The van der Waals surface area contributed by atoms with Gasteiger partial charge in [-0.15, -0.1) is 0 Å². The average molecular weight is 279 g/mol. The lowest BCUT2D eigenvalue weighted by Gasteiger charge is -2.10. The van der Waals surface area contributed by atoms with Crippen LogP contribution in [0, 0.1) is 29.2 Å². The number of hydrogen-bond acceptors (Lipinski definition) is 2. The van der Waals surface area contributed by atoms with Crippen LogP contribution in [-0.4, -0.2) is 19.8 Å². The minimum atomic E-state index is -1.43. The van der Waals surface area contributed by atoms with Crippen LogP contribution in [0.1, 0.15) is 20.3 Å². The molecule has 0 aliphatic heterocycles. The lowest BCUT2D eigenvalue weighted by atomic mass is 10.1. The third-order valence-corrected chi connectivity index (χ3v) is 2.50. The van der Waals surface area contributed by atoms with Gasteiger partial charge in [-0.05, 0) is 12.3 Å². The first-order chi connectivity index (χ1) is 8.93. The molecule has 0 fully saturated rings. The van der Waals surface area contributed by atoms with Crippen molar-refractivity contribution >= 4 is 5.69 Å². The topological polar surface area (TPSA) is 21.3 Å². The summed E-state index contributed by atoms with van der Waals surface area (Å²) in [6, 6.07) is 0.176. The smallest absolute Gasteiger partial charge is 0.185 e. The maximum Gasteiger partial charge on any atom is 0.185 e.